The highest BCUT2D eigenvalue weighted by molar-refractivity contribution is 6.09. The Hall–Kier alpha value is -2.79. The molecule has 0 aliphatic heterocycles. The maximum absolute atomic E-state index is 12.9. The number of hydrogen-bond donors (Lipinski definition) is 2. The number of carbonyl (C=O) groups is 1. The van der Waals surface area contributed by atoms with E-state index in [1.54, 1.807) is 14.2 Å². The number of benzene rings is 2. The van der Waals surface area contributed by atoms with E-state index in [1.165, 1.54) is 0 Å². The number of nitrogens with one attached hydrogen (secondary N) is 2. The molecular formula is C21H25N2O3+. The third kappa shape index (κ3) is 3.44. The first-order chi connectivity index (χ1) is 12.5. The number of Topliss-reactive ketones (excluding diaryl/α,β-unsaturated/α-hetero) is 1. The van der Waals surface area contributed by atoms with Gasteiger partial charge in [0, 0.05) is 16.6 Å². The van der Waals surface area contributed by atoms with Crippen LogP contribution in [0.1, 0.15) is 21.6 Å². The molecule has 5 heteroatoms. The van der Waals surface area contributed by atoms with Gasteiger partial charge in [-0.2, -0.15) is 0 Å². The molecular weight excluding hydrogens is 328 g/mol. The number of para-hydroxylation sites is 2. The van der Waals surface area contributed by atoms with Gasteiger partial charge in [0.15, 0.2) is 11.5 Å². The molecule has 1 atom stereocenters. The van der Waals surface area contributed by atoms with Crippen molar-refractivity contribution in [3.05, 3.63) is 59.3 Å². The lowest BCUT2D eigenvalue weighted by molar-refractivity contribution is -0.884. The number of aromatic nitrogens is 1. The van der Waals surface area contributed by atoms with Crippen LogP contribution in [0.5, 0.6) is 11.5 Å². The third-order valence-electron chi connectivity index (χ3n) is 4.61. The number of aryl methyl sites for hydroxylation is 1. The van der Waals surface area contributed by atoms with Crippen molar-refractivity contribution >= 4 is 16.7 Å². The van der Waals surface area contributed by atoms with Crippen LogP contribution in [0.15, 0.2) is 42.5 Å². The molecule has 3 rings (SSSR count). The predicted octanol–water partition coefficient (Wildman–Crippen LogP) is 2.39. The van der Waals surface area contributed by atoms with Crippen LogP contribution in [0, 0.1) is 6.92 Å². The average molecular weight is 353 g/mol. The monoisotopic (exact) mass is 353 g/mol. The smallest absolute Gasteiger partial charge is 0.219 e. The van der Waals surface area contributed by atoms with E-state index in [-0.39, 0.29) is 5.78 Å². The molecule has 0 amide bonds. The molecule has 0 saturated carbocycles. The van der Waals surface area contributed by atoms with Crippen LogP contribution in [-0.4, -0.2) is 38.6 Å². The highest BCUT2D eigenvalue weighted by Crippen LogP contribution is 2.30. The zero-order chi connectivity index (χ0) is 18.7. The first kappa shape index (κ1) is 18.0. The van der Waals surface area contributed by atoms with Crippen molar-refractivity contribution in [2.75, 3.05) is 27.8 Å². The summed E-state index contributed by atoms with van der Waals surface area (Å²) in [5.74, 6) is 1.57. The predicted molar refractivity (Wildman–Crippen MR) is 102 cm³/mol. The Kier molecular flexibility index (Phi) is 5.28. The number of methoxy groups -OCH3 is 2. The number of rotatable bonds is 7. The lowest BCUT2D eigenvalue weighted by atomic mass is 10.1. The zero-order valence-corrected chi connectivity index (χ0v) is 15.7. The van der Waals surface area contributed by atoms with E-state index in [2.05, 4.69) is 4.98 Å². The summed E-state index contributed by atoms with van der Waals surface area (Å²) in [5, 5.41) is 0.988. The van der Waals surface area contributed by atoms with E-state index in [9.17, 15) is 4.79 Å². The molecule has 5 nitrogen and oxygen atoms in total. The number of quaternary nitrogens is 1. The summed E-state index contributed by atoms with van der Waals surface area (Å²) in [6.07, 6.45) is 0. The van der Waals surface area contributed by atoms with Gasteiger partial charge >= 0.3 is 0 Å². The second-order valence-electron chi connectivity index (χ2n) is 6.56. The van der Waals surface area contributed by atoms with Crippen molar-refractivity contribution in [3.8, 4) is 11.5 Å². The van der Waals surface area contributed by atoms with Gasteiger partial charge in [-0.3, -0.25) is 4.79 Å². The van der Waals surface area contributed by atoms with E-state index in [0.717, 1.165) is 38.4 Å². The molecule has 0 bridgehead atoms. The second-order valence-corrected chi connectivity index (χ2v) is 6.56. The Balaban J connectivity index is 1.79. The Morgan fingerprint density at radius 2 is 1.85 bits per heavy atom. The average Bonchev–Trinajstić information content (AvgIpc) is 2.97. The van der Waals surface area contributed by atoms with Gasteiger partial charge in [-0.05, 0) is 25.1 Å². The van der Waals surface area contributed by atoms with E-state index in [1.807, 2.05) is 56.4 Å². The van der Waals surface area contributed by atoms with Crippen molar-refractivity contribution in [3.63, 3.8) is 0 Å². The van der Waals surface area contributed by atoms with E-state index in [4.69, 9.17) is 9.47 Å². The van der Waals surface area contributed by atoms with Crippen LogP contribution in [0.3, 0.4) is 0 Å². The molecule has 2 aromatic carbocycles. The lowest BCUT2D eigenvalue weighted by Crippen LogP contribution is -3.08. The quantitative estimate of drug-likeness (QED) is 0.641. The Morgan fingerprint density at radius 3 is 2.58 bits per heavy atom. The molecule has 26 heavy (non-hydrogen) atoms. The van der Waals surface area contributed by atoms with E-state index < -0.39 is 0 Å². The maximum atomic E-state index is 12.9. The first-order valence-corrected chi connectivity index (χ1v) is 8.66. The minimum absolute atomic E-state index is 0.138. The Labute approximate surface area is 153 Å². The number of hydrogen-bond acceptors (Lipinski definition) is 3. The van der Waals surface area contributed by atoms with Gasteiger partial charge in [-0.15, -0.1) is 0 Å². The zero-order valence-electron chi connectivity index (χ0n) is 15.7. The van der Waals surface area contributed by atoms with Crippen molar-refractivity contribution in [2.24, 2.45) is 0 Å². The minimum Gasteiger partial charge on any atom is -0.493 e. The highest BCUT2D eigenvalue weighted by Gasteiger charge is 2.21. The number of carbonyl (C=O) groups excluding carboxylic acids is 1. The summed E-state index contributed by atoms with van der Waals surface area (Å²) in [4.78, 5) is 17.3. The maximum Gasteiger partial charge on any atom is 0.219 e. The molecule has 2 N–H and O–H groups in total. The summed E-state index contributed by atoms with van der Waals surface area (Å²) >= 11 is 0. The molecule has 0 spiro atoms. The van der Waals surface area contributed by atoms with Gasteiger partial charge in [0.2, 0.25) is 5.78 Å². The Morgan fingerprint density at radius 1 is 1.08 bits per heavy atom. The molecule has 0 fully saturated rings. The first-order valence-electron chi connectivity index (χ1n) is 8.66. The van der Waals surface area contributed by atoms with Crippen LogP contribution in [0.25, 0.3) is 10.9 Å². The lowest BCUT2D eigenvalue weighted by Gasteiger charge is -2.17. The molecule has 0 aliphatic carbocycles. The van der Waals surface area contributed by atoms with Gasteiger partial charge in [0.05, 0.1) is 32.4 Å². The summed E-state index contributed by atoms with van der Waals surface area (Å²) in [7, 11) is 5.28. The van der Waals surface area contributed by atoms with Gasteiger partial charge in [-0.25, -0.2) is 0 Å². The summed E-state index contributed by atoms with van der Waals surface area (Å²) in [6, 6.07) is 13.7. The number of ketones is 1. The highest BCUT2D eigenvalue weighted by atomic mass is 16.5. The molecule has 1 aromatic heterocycles. The fourth-order valence-corrected chi connectivity index (χ4v) is 3.48. The SMILES string of the molecule is COc1cccc(C[NH+](C)CC(=O)c2c(C)[nH]c3ccccc23)c1OC. The van der Waals surface area contributed by atoms with Crippen LogP contribution in [0.2, 0.25) is 0 Å². The van der Waals surface area contributed by atoms with Crippen LogP contribution >= 0.6 is 0 Å². The molecule has 0 aliphatic rings. The van der Waals surface area contributed by atoms with Gasteiger partial charge in [0.25, 0.3) is 0 Å². The molecule has 136 valence electrons. The van der Waals surface area contributed by atoms with Crippen molar-refractivity contribution in [1.82, 2.24) is 4.98 Å². The van der Waals surface area contributed by atoms with Crippen molar-refractivity contribution in [1.29, 1.82) is 0 Å². The van der Waals surface area contributed by atoms with Gasteiger partial charge < -0.3 is 19.4 Å². The molecule has 1 unspecified atom stereocenters. The topological polar surface area (TPSA) is 55.8 Å². The summed E-state index contributed by atoms with van der Waals surface area (Å²) in [5.41, 5.74) is 3.73. The minimum atomic E-state index is 0.138. The standard InChI is InChI=1S/C21H24N2O3/c1-14-20(16-9-5-6-10-17(16)22-14)18(24)13-23(2)12-15-8-7-11-19(25-3)21(15)26-4/h5-11,22H,12-13H2,1-4H3/p+1. The number of aromatic amines is 1. The number of fused-ring (bicyclic) bond motifs is 1. The number of ether oxygens (including phenoxy) is 2. The second kappa shape index (κ2) is 7.62. The fourth-order valence-electron chi connectivity index (χ4n) is 3.48. The largest absolute Gasteiger partial charge is 0.493 e. The van der Waals surface area contributed by atoms with Crippen LogP contribution in [-0.2, 0) is 6.54 Å². The molecule has 3 aromatic rings. The van der Waals surface area contributed by atoms with Gasteiger partial charge in [0.1, 0.15) is 13.1 Å². The fraction of sp³-hybridized carbons (Fsp3) is 0.286. The number of H-pyrrole nitrogens is 1. The van der Waals surface area contributed by atoms with E-state index >= 15 is 0 Å². The third-order valence-corrected chi connectivity index (χ3v) is 4.61. The Bertz CT molecular complexity index is 930. The number of likely N-dealkylation sites (N-methyl/N-ethyl adjacent to an activating group) is 1. The van der Waals surface area contributed by atoms with Gasteiger partial charge in [-0.1, -0.05) is 24.3 Å². The molecule has 1 heterocycles. The van der Waals surface area contributed by atoms with E-state index in [0.29, 0.717) is 18.8 Å². The normalized spacial score (nSPS) is 12.2. The van der Waals surface area contributed by atoms with Crippen LogP contribution < -0.4 is 14.4 Å². The molecule has 0 saturated heterocycles. The van der Waals surface area contributed by atoms with Crippen LogP contribution in [0.4, 0.5) is 0 Å². The van der Waals surface area contributed by atoms with Crippen molar-refractivity contribution < 1.29 is 19.2 Å². The van der Waals surface area contributed by atoms with Crippen molar-refractivity contribution in [2.45, 2.75) is 13.5 Å². The summed E-state index contributed by atoms with van der Waals surface area (Å²) in [6.45, 7) is 3.03. The summed E-state index contributed by atoms with van der Waals surface area (Å²) < 4.78 is 10.9. The molecule has 0 radical (unpaired) electrons.